The molecule has 0 spiro atoms. The Balaban J connectivity index is 1.43. The molecule has 0 fully saturated rings. The predicted octanol–water partition coefficient (Wildman–Crippen LogP) is 5.79. The molecule has 4 aromatic rings. The van der Waals surface area contributed by atoms with Crippen molar-refractivity contribution in [3.63, 3.8) is 0 Å². The van der Waals surface area contributed by atoms with Crippen LogP contribution in [0.3, 0.4) is 0 Å². The van der Waals surface area contributed by atoms with Gasteiger partial charge in [-0.3, -0.25) is 10.2 Å². The number of hydrogen-bond donors (Lipinski definition) is 3. The van der Waals surface area contributed by atoms with Crippen LogP contribution in [0, 0.1) is 0 Å². The van der Waals surface area contributed by atoms with Gasteiger partial charge in [0, 0.05) is 43.2 Å². The number of aliphatic hydroxyl groups is 1. The summed E-state index contributed by atoms with van der Waals surface area (Å²) in [6.07, 6.45) is 1.72. The van der Waals surface area contributed by atoms with Crippen molar-refractivity contribution < 1.29 is 28.8 Å². The van der Waals surface area contributed by atoms with E-state index in [2.05, 4.69) is 29.6 Å². The highest BCUT2D eigenvalue weighted by molar-refractivity contribution is 6.01. The SMILES string of the molecule is C=CC[C@]1(C(=O)NNCc2ccc(OC)cc2OC)N=C(c2ccc(OCCCO)cc2)O[C@H]1c1ccc(-c2ccccc2)cc1. The number of nitrogens with zero attached hydrogens (tertiary/aromatic N) is 1. The highest BCUT2D eigenvalue weighted by Gasteiger charge is 2.52. The Labute approximate surface area is 269 Å². The average molecular weight is 622 g/mol. The summed E-state index contributed by atoms with van der Waals surface area (Å²) in [4.78, 5) is 19.1. The maximum absolute atomic E-state index is 14.2. The first-order valence-corrected chi connectivity index (χ1v) is 15.1. The molecular weight excluding hydrogens is 582 g/mol. The molecule has 0 radical (unpaired) electrons. The fourth-order valence-electron chi connectivity index (χ4n) is 5.34. The molecule has 1 amide bonds. The van der Waals surface area contributed by atoms with Crippen LogP contribution in [0.1, 0.15) is 35.6 Å². The number of rotatable bonds is 15. The van der Waals surface area contributed by atoms with Gasteiger partial charge in [0.2, 0.25) is 5.90 Å². The van der Waals surface area contributed by atoms with Crippen molar-refractivity contribution in [2.45, 2.75) is 31.0 Å². The van der Waals surface area contributed by atoms with Gasteiger partial charge in [0.1, 0.15) is 17.2 Å². The number of ether oxygens (including phenoxy) is 4. The Hall–Kier alpha value is -5.12. The van der Waals surface area contributed by atoms with E-state index in [4.69, 9.17) is 29.0 Å². The Bertz CT molecular complexity index is 1640. The van der Waals surface area contributed by atoms with Gasteiger partial charge in [0.25, 0.3) is 5.91 Å². The summed E-state index contributed by atoms with van der Waals surface area (Å²) in [5.74, 6) is 1.94. The van der Waals surface area contributed by atoms with E-state index in [0.717, 1.165) is 22.3 Å². The lowest BCUT2D eigenvalue weighted by molar-refractivity contribution is -0.129. The van der Waals surface area contributed by atoms with Gasteiger partial charge in [0.15, 0.2) is 11.6 Å². The van der Waals surface area contributed by atoms with Gasteiger partial charge >= 0.3 is 0 Å². The minimum absolute atomic E-state index is 0.0619. The highest BCUT2D eigenvalue weighted by atomic mass is 16.5. The van der Waals surface area contributed by atoms with E-state index in [9.17, 15) is 4.79 Å². The van der Waals surface area contributed by atoms with E-state index >= 15 is 0 Å². The zero-order valence-corrected chi connectivity index (χ0v) is 26.1. The second-order valence-corrected chi connectivity index (χ2v) is 10.8. The summed E-state index contributed by atoms with van der Waals surface area (Å²) in [5, 5.41) is 9.05. The maximum Gasteiger partial charge on any atom is 0.266 e. The molecular formula is C37H39N3O6. The number of methoxy groups -OCH3 is 2. The molecule has 9 heteroatoms. The number of aliphatic hydroxyl groups excluding tert-OH is 1. The number of carbonyl (C=O) groups is 1. The molecule has 0 aromatic heterocycles. The molecule has 0 saturated carbocycles. The van der Waals surface area contributed by atoms with Gasteiger partial charge in [-0.15, -0.1) is 6.58 Å². The molecule has 9 nitrogen and oxygen atoms in total. The number of benzene rings is 4. The monoisotopic (exact) mass is 621 g/mol. The Morgan fingerprint density at radius 2 is 1.63 bits per heavy atom. The van der Waals surface area contributed by atoms with E-state index in [1.165, 1.54) is 0 Å². The van der Waals surface area contributed by atoms with Gasteiger partial charge < -0.3 is 24.1 Å². The van der Waals surface area contributed by atoms with Crippen LogP contribution in [0.4, 0.5) is 0 Å². The first kappa shape index (κ1) is 32.3. The molecule has 4 aromatic carbocycles. The van der Waals surface area contributed by atoms with Crippen molar-refractivity contribution in [1.82, 2.24) is 10.9 Å². The van der Waals surface area contributed by atoms with Crippen LogP contribution < -0.4 is 25.1 Å². The lowest BCUT2D eigenvalue weighted by atomic mass is 9.84. The van der Waals surface area contributed by atoms with Crippen molar-refractivity contribution in [2.24, 2.45) is 4.99 Å². The molecule has 0 aliphatic carbocycles. The smallest absolute Gasteiger partial charge is 0.266 e. The lowest BCUT2D eigenvalue weighted by Crippen LogP contribution is -2.52. The number of nitrogens with one attached hydrogen (secondary N) is 2. The third-order valence-electron chi connectivity index (χ3n) is 7.78. The molecule has 0 bridgehead atoms. The summed E-state index contributed by atoms with van der Waals surface area (Å²) in [5.41, 5.74) is 9.06. The summed E-state index contributed by atoms with van der Waals surface area (Å²) < 4.78 is 23.0. The normalized spacial score (nSPS) is 17.0. The molecule has 5 rings (SSSR count). The van der Waals surface area contributed by atoms with Crippen LogP contribution in [-0.4, -0.2) is 49.9 Å². The maximum atomic E-state index is 14.2. The van der Waals surface area contributed by atoms with Gasteiger partial charge in [-0.1, -0.05) is 66.7 Å². The minimum Gasteiger partial charge on any atom is -0.497 e. The van der Waals surface area contributed by atoms with E-state index < -0.39 is 11.6 Å². The van der Waals surface area contributed by atoms with E-state index in [0.29, 0.717) is 48.3 Å². The molecule has 0 unspecified atom stereocenters. The molecule has 238 valence electrons. The van der Waals surface area contributed by atoms with Crippen molar-refractivity contribution in [1.29, 1.82) is 0 Å². The zero-order chi connectivity index (χ0) is 32.4. The number of hydrogen-bond acceptors (Lipinski definition) is 8. The Kier molecular flexibility index (Phi) is 10.7. The topological polar surface area (TPSA) is 111 Å². The van der Waals surface area contributed by atoms with E-state index in [1.807, 2.05) is 78.9 Å². The largest absolute Gasteiger partial charge is 0.497 e. The minimum atomic E-state index is -1.35. The second-order valence-electron chi connectivity index (χ2n) is 10.8. The van der Waals surface area contributed by atoms with Crippen molar-refractivity contribution in [3.05, 3.63) is 126 Å². The van der Waals surface area contributed by atoms with Gasteiger partial charge in [-0.2, -0.15) is 0 Å². The van der Waals surface area contributed by atoms with Crippen molar-refractivity contribution in [3.8, 4) is 28.4 Å². The molecule has 1 aliphatic rings. The van der Waals surface area contributed by atoms with Crippen LogP contribution in [0.25, 0.3) is 11.1 Å². The Morgan fingerprint density at radius 1 is 0.935 bits per heavy atom. The quantitative estimate of drug-likeness (QED) is 0.0876. The summed E-state index contributed by atoms with van der Waals surface area (Å²) in [6, 6.07) is 30.9. The molecule has 3 N–H and O–H groups in total. The van der Waals surface area contributed by atoms with Gasteiger partial charge in [0.05, 0.1) is 20.8 Å². The van der Waals surface area contributed by atoms with Crippen LogP contribution in [0.2, 0.25) is 0 Å². The fraction of sp³-hybridized carbons (Fsp3) is 0.243. The second kappa shape index (κ2) is 15.2. The first-order chi connectivity index (χ1) is 22.5. The first-order valence-electron chi connectivity index (χ1n) is 15.1. The summed E-state index contributed by atoms with van der Waals surface area (Å²) in [6.45, 7) is 4.73. The average Bonchev–Trinajstić information content (AvgIpc) is 3.50. The number of hydrazine groups is 1. The molecule has 1 aliphatic heterocycles. The number of amides is 1. The zero-order valence-electron chi connectivity index (χ0n) is 26.1. The molecule has 2 atom stereocenters. The molecule has 1 heterocycles. The highest BCUT2D eigenvalue weighted by Crippen LogP contribution is 2.43. The molecule has 0 saturated heterocycles. The number of aliphatic imine (C=N–C) groups is 1. The van der Waals surface area contributed by atoms with Crippen molar-refractivity contribution >= 4 is 11.8 Å². The van der Waals surface area contributed by atoms with Gasteiger partial charge in [-0.25, -0.2) is 10.4 Å². The third-order valence-corrected chi connectivity index (χ3v) is 7.78. The van der Waals surface area contributed by atoms with E-state index in [-0.39, 0.29) is 18.9 Å². The van der Waals surface area contributed by atoms with E-state index in [1.54, 1.807) is 26.4 Å². The Morgan fingerprint density at radius 3 is 2.30 bits per heavy atom. The van der Waals surface area contributed by atoms with Crippen LogP contribution >= 0.6 is 0 Å². The van der Waals surface area contributed by atoms with Crippen molar-refractivity contribution in [2.75, 3.05) is 27.4 Å². The fourth-order valence-corrected chi connectivity index (χ4v) is 5.34. The predicted molar refractivity (Wildman–Crippen MR) is 178 cm³/mol. The number of carbonyl (C=O) groups excluding carboxylic acids is 1. The standard InChI is InChI=1S/C37H39N3O6/c1-4-21-37(36(42)40-38-25-30-17-20-32(43-2)24-33(30)44-3)34(28-13-11-27(12-14-28)26-9-6-5-7-10-26)46-35(39-37)29-15-18-31(19-16-29)45-23-8-22-41/h4-7,9-20,24,34,38,41H,1,8,21-23,25H2,2-3H3,(H,40,42)/t34-,37-/m0/s1. The summed E-state index contributed by atoms with van der Waals surface area (Å²) in [7, 11) is 3.18. The van der Waals surface area contributed by atoms with Crippen LogP contribution in [-0.2, 0) is 16.1 Å². The molecule has 46 heavy (non-hydrogen) atoms. The van der Waals surface area contributed by atoms with Crippen LogP contribution in [0.15, 0.2) is 115 Å². The van der Waals surface area contributed by atoms with Gasteiger partial charge in [-0.05, 0) is 47.0 Å². The third kappa shape index (κ3) is 7.22. The lowest BCUT2D eigenvalue weighted by Gasteiger charge is -2.30. The summed E-state index contributed by atoms with van der Waals surface area (Å²) >= 11 is 0. The van der Waals surface area contributed by atoms with Crippen LogP contribution in [0.5, 0.6) is 17.2 Å².